The van der Waals surface area contributed by atoms with E-state index in [4.69, 9.17) is 4.74 Å². The Morgan fingerprint density at radius 2 is 1.63 bits per heavy atom. The van der Waals surface area contributed by atoms with Crippen LogP contribution in [0.3, 0.4) is 0 Å². The van der Waals surface area contributed by atoms with Gasteiger partial charge in [0.05, 0.1) is 6.61 Å². The predicted octanol–water partition coefficient (Wildman–Crippen LogP) is 2.29. The Kier molecular flexibility index (Phi) is 4.72. The van der Waals surface area contributed by atoms with Crippen LogP contribution in [-0.2, 0) is 19.1 Å². The molecule has 1 unspecified atom stereocenters. The second-order valence-electron chi connectivity index (χ2n) is 5.81. The van der Waals surface area contributed by atoms with Crippen molar-refractivity contribution in [1.29, 1.82) is 0 Å². The molecule has 0 amide bonds. The molecule has 0 aromatic rings. The summed E-state index contributed by atoms with van der Waals surface area (Å²) in [6.07, 6.45) is 5.33. The van der Waals surface area contributed by atoms with Gasteiger partial charge in [0, 0.05) is 19.3 Å². The minimum atomic E-state index is -0.855. The van der Waals surface area contributed by atoms with Gasteiger partial charge in [0.25, 0.3) is 0 Å². The molecule has 0 heterocycles. The molecule has 4 nitrogen and oxygen atoms in total. The summed E-state index contributed by atoms with van der Waals surface area (Å²) in [5.41, 5.74) is 0. The van der Waals surface area contributed by atoms with Crippen LogP contribution >= 0.6 is 0 Å². The zero-order valence-corrected chi connectivity index (χ0v) is 11.5. The van der Waals surface area contributed by atoms with Crippen molar-refractivity contribution in [1.82, 2.24) is 0 Å². The lowest BCUT2D eigenvalue weighted by Gasteiger charge is -2.13. The maximum atomic E-state index is 12.1. The molecule has 2 rings (SSSR count). The number of ether oxygens (including phenoxy) is 1. The van der Waals surface area contributed by atoms with Gasteiger partial charge in [0.2, 0.25) is 0 Å². The Morgan fingerprint density at radius 3 is 2.16 bits per heavy atom. The van der Waals surface area contributed by atoms with Crippen molar-refractivity contribution in [3.8, 4) is 0 Å². The summed E-state index contributed by atoms with van der Waals surface area (Å²) in [6.45, 7) is 1.97. The first-order chi connectivity index (χ1) is 9.10. The molecule has 2 saturated carbocycles. The van der Waals surface area contributed by atoms with E-state index in [0.717, 1.165) is 25.7 Å². The minimum absolute atomic E-state index is 0.0321. The molecule has 0 aromatic carbocycles. The van der Waals surface area contributed by atoms with Gasteiger partial charge >= 0.3 is 5.97 Å². The maximum absolute atomic E-state index is 12.1. The van der Waals surface area contributed by atoms with E-state index in [-0.39, 0.29) is 24.6 Å². The third-order valence-electron chi connectivity index (χ3n) is 3.79. The van der Waals surface area contributed by atoms with Crippen LogP contribution in [0.25, 0.3) is 0 Å². The summed E-state index contributed by atoms with van der Waals surface area (Å²) in [5.74, 6) is -0.518. The van der Waals surface area contributed by atoms with E-state index in [9.17, 15) is 14.4 Å². The predicted molar refractivity (Wildman–Crippen MR) is 69.4 cm³/mol. The summed E-state index contributed by atoms with van der Waals surface area (Å²) in [5, 5.41) is 0. The fraction of sp³-hybridized carbons (Fsp3) is 0.800. The van der Waals surface area contributed by atoms with Gasteiger partial charge in [-0.25, -0.2) is 0 Å². The van der Waals surface area contributed by atoms with Crippen molar-refractivity contribution < 1.29 is 19.1 Å². The second-order valence-corrected chi connectivity index (χ2v) is 5.81. The number of Topliss-reactive ketones (excluding diaryl/α,β-unsaturated/α-hetero) is 2. The van der Waals surface area contributed by atoms with Gasteiger partial charge < -0.3 is 4.74 Å². The lowest BCUT2D eigenvalue weighted by molar-refractivity contribution is -0.153. The molecule has 106 valence electrons. The first-order valence-electron chi connectivity index (χ1n) is 7.31. The van der Waals surface area contributed by atoms with Crippen LogP contribution in [0.15, 0.2) is 0 Å². The van der Waals surface area contributed by atoms with Crippen molar-refractivity contribution in [2.45, 2.75) is 51.9 Å². The molecule has 2 aliphatic rings. The lowest BCUT2D eigenvalue weighted by Crippen LogP contribution is -2.29. The Labute approximate surface area is 113 Å². The molecule has 2 fully saturated rings. The molecular formula is C15H22O4. The second kappa shape index (κ2) is 6.31. The molecule has 1 atom stereocenters. The number of esters is 1. The highest BCUT2D eigenvalue weighted by Crippen LogP contribution is 2.35. The standard InChI is InChI=1S/C15H22O4/c1-2-19-15(18)13(14(17)8-11-5-6-11)9-12(16)7-10-3-4-10/h10-11,13H,2-9H2,1H3. The summed E-state index contributed by atoms with van der Waals surface area (Å²) in [7, 11) is 0. The van der Waals surface area contributed by atoms with E-state index in [1.807, 2.05) is 0 Å². The van der Waals surface area contributed by atoms with E-state index in [1.54, 1.807) is 6.92 Å². The largest absolute Gasteiger partial charge is 0.465 e. The molecule has 0 aliphatic heterocycles. The molecule has 0 aromatic heterocycles. The Morgan fingerprint density at radius 1 is 1.05 bits per heavy atom. The average molecular weight is 266 g/mol. The van der Waals surface area contributed by atoms with Crippen molar-refractivity contribution in [2.75, 3.05) is 6.61 Å². The smallest absolute Gasteiger partial charge is 0.316 e. The molecule has 0 radical (unpaired) electrons. The van der Waals surface area contributed by atoms with Gasteiger partial charge in [-0.15, -0.1) is 0 Å². The fourth-order valence-corrected chi connectivity index (χ4v) is 2.28. The third-order valence-corrected chi connectivity index (χ3v) is 3.79. The monoisotopic (exact) mass is 266 g/mol. The quantitative estimate of drug-likeness (QED) is 0.474. The van der Waals surface area contributed by atoms with Crippen LogP contribution in [0, 0.1) is 17.8 Å². The number of hydrogen-bond donors (Lipinski definition) is 0. The van der Waals surface area contributed by atoms with E-state index >= 15 is 0 Å². The average Bonchev–Trinajstić information content (AvgIpc) is 3.22. The number of carbonyl (C=O) groups excluding carboxylic acids is 3. The Hall–Kier alpha value is -1.19. The molecule has 0 N–H and O–H groups in total. The van der Waals surface area contributed by atoms with Crippen LogP contribution in [0.5, 0.6) is 0 Å². The summed E-state index contributed by atoms with van der Waals surface area (Å²) >= 11 is 0. The molecular weight excluding hydrogens is 244 g/mol. The lowest BCUT2D eigenvalue weighted by atomic mass is 9.92. The number of ketones is 2. The first kappa shape index (κ1) is 14.2. The van der Waals surface area contributed by atoms with Gasteiger partial charge in [-0.3, -0.25) is 14.4 Å². The zero-order valence-electron chi connectivity index (χ0n) is 11.5. The molecule has 0 bridgehead atoms. The van der Waals surface area contributed by atoms with Crippen LogP contribution in [-0.4, -0.2) is 24.1 Å². The summed E-state index contributed by atoms with van der Waals surface area (Å²) < 4.78 is 4.94. The van der Waals surface area contributed by atoms with Crippen molar-refractivity contribution in [3.05, 3.63) is 0 Å². The van der Waals surface area contributed by atoms with Gasteiger partial charge in [0.15, 0.2) is 0 Å². The number of rotatable bonds is 9. The summed E-state index contributed by atoms with van der Waals surface area (Å²) in [4.78, 5) is 35.8. The molecule has 0 spiro atoms. The van der Waals surface area contributed by atoms with E-state index in [2.05, 4.69) is 0 Å². The zero-order chi connectivity index (χ0) is 13.8. The highest BCUT2D eigenvalue weighted by atomic mass is 16.5. The van der Waals surface area contributed by atoms with Crippen LogP contribution in [0.1, 0.15) is 51.9 Å². The third kappa shape index (κ3) is 4.77. The molecule has 4 heteroatoms. The topological polar surface area (TPSA) is 60.4 Å². The molecule has 0 saturated heterocycles. The molecule has 2 aliphatic carbocycles. The normalized spacial score (nSPS) is 19.8. The van der Waals surface area contributed by atoms with Crippen LogP contribution < -0.4 is 0 Å². The number of carbonyl (C=O) groups is 3. The Balaban J connectivity index is 1.88. The Bertz CT molecular complexity index is 366. The highest BCUT2D eigenvalue weighted by molar-refractivity contribution is 6.02. The fourth-order valence-electron chi connectivity index (χ4n) is 2.28. The van der Waals surface area contributed by atoms with Gasteiger partial charge in [-0.1, -0.05) is 0 Å². The van der Waals surface area contributed by atoms with E-state index in [1.165, 1.54) is 0 Å². The first-order valence-corrected chi connectivity index (χ1v) is 7.31. The summed E-state index contributed by atoms with van der Waals surface area (Å²) in [6, 6.07) is 0. The van der Waals surface area contributed by atoms with Gasteiger partial charge in [-0.05, 0) is 44.4 Å². The van der Waals surface area contributed by atoms with Crippen LogP contribution in [0.4, 0.5) is 0 Å². The number of hydrogen-bond acceptors (Lipinski definition) is 4. The van der Waals surface area contributed by atoms with Crippen molar-refractivity contribution in [2.24, 2.45) is 17.8 Å². The van der Waals surface area contributed by atoms with Crippen molar-refractivity contribution >= 4 is 17.5 Å². The molecule has 19 heavy (non-hydrogen) atoms. The maximum Gasteiger partial charge on any atom is 0.316 e. The SMILES string of the molecule is CCOC(=O)C(CC(=O)CC1CC1)C(=O)CC1CC1. The van der Waals surface area contributed by atoms with Gasteiger partial charge in [-0.2, -0.15) is 0 Å². The minimum Gasteiger partial charge on any atom is -0.465 e. The highest BCUT2D eigenvalue weighted by Gasteiger charge is 2.35. The van der Waals surface area contributed by atoms with E-state index in [0.29, 0.717) is 24.7 Å². The van der Waals surface area contributed by atoms with Crippen molar-refractivity contribution in [3.63, 3.8) is 0 Å². The van der Waals surface area contributed by atoms with E-state index < -0.39 is 11.9 Å². The van der Waals surface area contributed by atoms with Crippen LogP contribution in [0.2, 0.25) is 0 Å². The van der Waals surface area contributed by atoms with Gasteiger partial charge in [0.1, 0.15) is 17.5 Å².